The second-order valence-corrected chi connectivity index (χ2v) is 6.37. The minimum atomic E-state index is 0.223. The Morgan fingerprint density at radius 2 is 1.96 bits per heavy atom. The highest BCUT2D eigenvalue weighted by molar-refractivity contribution is 7.22. The van der Waals surface area contributed by atoms with Gasteiger partial charge in [0, 0.05) is 32.6 Å². The number of hydrogen-bond donors (Lipinski definition) is 0. The van der Waals surface area contributed by atoms with Gasteiger partial charge in [-0.3, -0.25) is 4.79 Å². The molecule has 1 aliphatic rings. The molecule has 0 N–H and O–H groups in total. The molecular formula is C16H21N3O3S. The van der Waals surface area contributed by atoms with E-state index < -0.39 is 0 Å². The summed E-state index contributed by atoms with van der Waals surface area (Å²) >= 11 is 1.64. The first-order chi connectivity index (χ1) is 11.2. The second kappa shape index (κ2) is 6.62. The fourth-order valence-corrected chi connectivity index (χ4v) is 3.82. The predicted octanol–water partition coefficient (Wildman–Crippen LogP) is 2.37. The molecule has 7 heteroatoms. The van der Waals surface area contributed by atoms with Gasteiger partial charge in [-0.2, -0.15) is 0 Å². The number of methoxy groups -OCH3 is 2. The Bertz CT molecular complexity index is 708. The molecule has 0 atom stereocenters. The molecule has 0 bridgehead atoms. The van der Waals surface area contributed by atoms with Crippen LogP contribution in [0.2, 0.25) is 0 Å². The van der Waals surface area contributed by atoms with Crippen molar-refractivity contribution in [3.05, 3.63) is 12.1 Å². The molecule has 23 heavy (non-hydrogen) atoms. The zero-order valence-corrected chi connectivity index (χ0v) is 14.5. The van der Waals surface area contributed by atoms with Crippen molar-refractivity contribution in [1.29, 1.82) is 0 Å². The molecule has 0 aliphatic carbocycles. The average Bonchev–Trinajstić information content (AvgIpc) is 3.04. The zero-order valence-electron chi connectivity index (χ0n) is 13.7. The summed E-state index contributed by atoms with van der Waals surface area (Å²) in [5, 5.41) is 0.968. The fourth-order valence-electron chi connectivity index (χ4n) is 2.80. The highest BCUT2D eigenvalue weighted by Crippen LogP contribution is 2.39. The quantitative estimate of drug-likeness (QED) is 0.859. The van der Waals surface area contributed by atoms with Crippen LogP contribution >= 0.6 is 11.3 Å². The van der Waals surface area contributed by atoms with Crippen molar-refractivity contribution in [3.8, 4) is 11.5 Å². The number of thiazole rings is 1. The van der Waals surface area contributed by atoms with E-state index in [0.717, 1.165) is 41.5 Å². The predicted molar refractivity (Wildman–Crippen MR) is 91.8 cm³/mol. The first-order valence-corrected chi connectivity index (χ1v) is 8.53. The summed E-state index contributed by atoms with van der Waals surface area (Å²) in [5.41, 5.74) is 0.832. The summed E-state index contributed by atoms with van der Waals surface area (Å²) in [6.45, 7) is 5.03. The van der Waals surface area contributed by atoms with Crippen LogP contribution in [0, 0.1) is 0 Å². The minimum Gasteiger partial charge on any atom is -0.493 e. The van der Waals surface area contributed by atoms with Crippen molar-refractivity contribution in [2.45, 2.75) is 13.3 Å². The lowest BCUT2D eigenvalue weighted by Crippen LogP contribution is -2.48. The normalized spacial score (nSPS) is 15.1. The Kier molecular flexibility index (Phi) is 4.56. The highest BCUT2D eigenvalue weighted by Gasteiger charge is 2.23. The molecule has 0 radical (unpaired) electrons. The molecular weight excluding hydrogens is 314 g/mol. The lowest BCUT2D eigenvalue weighted by Gasteiger charge is -2.34. The van der Waals surface area contributed by atoms with Gasteiger partial charge in [-0.05, 0) is 12.1 Å². The van der Waals surface area contributed by atoms with E-state index >= 15 is 0 Å². The summed E-state index contributed by atoms with van der Waals surface area (Å²) in [6, 6.07) is 3.91. The number of benzene rings is 1. The smallest absolute Gasteiger partial charge is 0.222 e. The summed E-state index contributed by atoms with van der Waals surface area (Å²) in [5.74, 6) is 1.59. The topological polar surface area (TPSA) is 54.9 Å². The fraction of sp³-hybridized carbons (Fsp3) is 0.500. The van der Waals surface area contributed by atoms with Crippen molar-refractivity contribution in [3.63, 3.8) is 0 Å². The molecule has 1 aromatic heterocycles. The van der Waals surface area contributed by atoms with Crippen molar-refractivity contribution in [1.82, 2.24) is 9.88 Å². The van der Waals surface area contributed by atoms with Gasteiger partial charge in [-0.25, -0.2) is 4.98 Å². The number of fused-ring (bicyclic) bond motifs is 1. The molecule has 3 rings (SSSR count). The monoisotopic (exact) mass is 335 g/mol. The van der Waals surface area contributed by atoms with Gasteiger partial charge in [0.25, 0.3) is 0 Å². The molecule has 1 aromatic carbocycles. The number of rotatable bonds is 4. The second-order valence-electron chi connectivity index (χ2n) is 5.37. The van der Waals surface area contributed by atoms with Crippen LogP contribution in [0.4, 0.5) is 5.13 Å². The number of nitrogens with zero attached hydrogens (tertiary/aromatic N) is 3. The van der Waals surface area contributed by atoms with Gasteiger partial charge in [0.2, 0.25) is 5.91 Å². The molecule has 2 heterocycles. The molecule has 0 spiro atoms. The van der Waals surface area contributed by atoms with Crippen LogP contribution < -0.4 is 14.4 Å². The minimum absolute atomic E-state index is 0.223. The van der Waals surface area contributed by atoms with Crippen molar-refractivity contribution < 1.29 is 14.3 Å². The number of amides is 1. The van der Waals surface area contributed by atoms with E-state index in [1.54, 1.807) is 25.6 Å². The number of hydrogen-bond acceptors (Lipinski definition) is 6. The summed E-state index contributed by atoms with van der Waals surface area (Å²) < 4.78 is 11.9. The SMILES string of the molecule is CCC(=O)N1CCN(c2nc3c(OC)c(OC)ccc3s2)CC1. The van der Waals surface area contributed by atoms with E-state index in [1.165, 1.54) is 0 Å². The third-order valence-corrected chi connectivity index (χ3v) is 5.18. The van der Waals surface area contributed by atoms with Gasteiger partial charge >= 0.3 is 0 Å². The molecule has 2 aromatic rings. The number of aromatic nitrogens is 1. The Morgan fingerprint density at radius 1 is 1.22 bits per heavy atom. The van der Waals surface area contributed by atoms with Crippen LogP contribution in [-0.2, 0) is 4.79 Å². The Hall–Kier alpha value is -2.02. The van der Waals surface area contributed by atoms with Gasteiger partial charge in [-0.15, -0.1) is 0 Å². The van der Waals surface area contributed by atoms with E-state index in [4.69, 9.17) is 14.5 Å². The summed E-state index contributed by atoms with van der Waals surface area (Å²) in [7, 11) is 3.26. The standard InChI is InChI=1S/C16H21N3O3S/c1-4-13(20)18-7-9-19(10-8-18)16-17-14-12(23-16)6-5-11(21-2)15(14)22-3/h5-6H,4,7-10H2,1-3H3. The summed E-state index contributed by atoms with van der Waals surface area (Å²) in [4.78, 5) is 20.7. The maximum Gasteiger partial charge on any atom is 0.222 e. The van der Waals surface area contributed by atoms with Crippen molar-refractivity contribution in [2.75, 3.05) is 45.3 Å². The van der Waals surface area contributed by atoms with Crippen LogP contribution in [0.5, 0.6) is 11.5 Å². The zero-order chi connectivity index (χ0) is 16.4. The largest absolute Gasteiger partial charge is 0.493 e. The van der Waals surface area contributed by atoms with Crippen molar-refractivity contribution >= 4 is 32.6 Å². The van der Waals surface area contributed by atoms with Gasteiger partial charge in [0.05, 0.1) is 18.9 Å². The van der Waals surface area contributed by atoms with Gasteiger partial charge in [0.1, 0.15) is 5.52 Å². The molecule has 1 amide bonds. The third-order valence-electron chi connectivity index (χ3n) is 4.10. The molecule has 1 fully saturated rings. The maximum atomic E-state index is 11.8. The average molecular weight is 335 g/mol. The Labute approximate surface area is 139 Å². The lowest BCUT2D eigenvalue weighted by molar-refractivity contribution is -0.131. The Balaban J connectivity index is 1.83. The van der Waals surface area contributed by atoms with Gasteiger partial charge in [0.15, 0.2) is 16.6 Å². The number of anilines is 1. The molecule has 1 aliphatic heterocycles. The van der Waals surface area contributed by atoms with E-state index in [0.29, 0.717) is 17.9 Å². The maximum absolute atomic E-state index is 11.8. The van der Waals surface area contributed by atoms with Crippen LogP contribution in [0.1, 0.15) is 13.3 Å². The summed E-state index contributed by atoms with van der Waals surface area (Å²) in [6.07, 6.45) is 0.568. The van der Waals surface area contributed by atoms with Gasteiger partial charge in [-0.1, -0.05) is 18.3 Å². The Morgan fingerprint density at radius 3 is 2.57 bits per heavy atom. The molecule has 1 saturated heterocycles. The van der Waals surface area contributed by atoms with E-state index in [9.17, 15) is 4.79 Å². The number of piperazine rings is 1. The molecule has 0 saturated carbocycles. The third kappa shape index (κ3) is 2.93. The van der Waals surface area contributed by atoms with E-state index in [2.05, 4.69) is 4.90 Å². The highest BCUT2D eigenvalue weighted by atomic mass is 32.1. The first-order valence-electron chi connectivity index (χ1n) is 7.72. The van der Waals surface area contributed by atoms with Crippen LogP contribution in [-0.4, -0.2) is 56.2 Å². The van der Waals surface area contributed by atoms with Gasteiger partial charge < -0.3 is 19.3 Å². The van der Waals surface area contributed by atoms with Crippen LogP contribution in [0.3, 0.4) is 0 Å². The lowest BCUT2D eigenvalue weighted by atomic mass is 10.3. The van der Waals surface area contributed by atoms with Crippen LogP contribution in [0.15, 0.2) is 12.1 Å². The number of ether oxygens (including phenoxy) is 2. The van der Waals surface area contributed by atoms with Crippen molar-refractivity contribution in [2.24, 2.45) is 0 Å². The number of carbonyl (C=O) groups is 1. The molecule has 6 nitrogen and oxygen atoms in total. The van der Waals surface area contributed by atoms with E-state index in [1.807, 2.05) is 24.0 Å². The molecule has 0 unspecified atom stereocenters. The van der Waals surface area contributed by atoms with E-state index in [-0.39, 0.29) is 5.91 Å². The number of carbonyl (C=O) groups excluding carboxylic acids is 1. The first kappa shape index (κ1) is 15.9. The molecule has 124 valence electrons. The van der Waals surface area contributed by atoms with Crippen LogP contribution in [0.25, 0.3) is 10.2 Å².